The van der Waals surface area contributed by atoms with Crippen LogP contribution >= 0.6 is 0 Å². The third kappa shape index (κ3) is 4.27. The molecule has 27 heavy (non-hydrogen) atoms. The molecule has 7 heteroatoms. The van der Waals surface area contributed by atoms with Crippen LogP contribution in [0.1, 0.15) is 27.8 Å². The second kappa shape index (κ2) is 7.65. The Hall–Kier alpha value is -3.74. The third-order valence-electron chi connectivity index (χ3n) is 3.90. The van der Waals surface area contributed by atoms with Gasteiger partial charge in [-0.3, -0.25) is 9.59 Å². The molecule has 3 N–H and O–H groups in total. The van der Waals surface area contributed by atoms with Gasteiger partial charge in [0.05, 0.1) is 5.52 Å². The molecule has 0 aliphatic rings. The number of amides is 2. The molecule has 0 fully saturated rings. The number of benzene rings is 2. The quantitative estimate of drug-likeness (QED) is 0.677. The fourth-order valence-corrected chi connectivity index (χ4v) is 2.42. The van der Waals surface area contributed by atoms with Crippen LogP contribution in [0.2, 0.25) is 0 Å². The van der Waals surface area contributed by atoms with E-state index in [1.165, 1.54) is 31.2 Å². The zero-order valence-corrected chi connectivity index (χ0v) is 14.5. The summed E-state index contributed by atoms with van der Waals surface area (Å²) in [7, 11) is 0. The number of rotatable bonds is 5. The van der Waals surface area contributed by atoms with Gasteiger partial charge in [-0.05, 0) is 43.3 Å². The van der Waals surface area contributed by atoms with E-state index in [1.807, 2.05) is 18.2 Å². The van der Waals surface area contributed by atoms with Crippen LogP contribution in [0.3, 0.4) is 0 Å². The van der Waals surface area contributed by atoms with E-state index < -0.39 is 23.9 Å². The van der Waals surface area contributed by atoms with Crippen molar-refractivity contribution in [2.45, 2.75) is 13.0 Å². The van der Waals surface area contributed by atoms with Gasteiger partial charge < -0.3 is 15.8 Å². The first-order valence-corrected chi connectivity index (χ1v) is 8.21. The van der Waals surface area contributed by atoms with Gasteiger partial charge >= 0.3 is 5.97 Å². The van der Waals surface area contributed by atoms with E-state index in [0.717, 1.165) is 5.39 Å². The number of para-hydroxylation sites is 1. The minimum absolute atomic E-state index is 0.124. The summed E-state index contributed by atoms with van der Waals surface area (Å²) < 4.78 is 5.19. The standard InChI is InChI=1S/C20H17N3O4/c1-12(19(25)22-15-9-6-14(7-10-15)18(21)24)27-20(26)17-11-8-13-4-2-3-5-16(13)23-17/h2-12H,1H3,(H2,21,24)(H,22,25). The number of esters is 1. The summed E-state index contributed by atoms with van der Waals surface area (Å²) in [6.45, 7) is 1.46. The first-order chi connectivity index (χ1) is 12.9. The van der Waals surface area contributed by atoms with Gasteiger partial charge in [-0.15, -0.1) is 0 Å². The van der Waals surface area contributed by atoms with Gasteiger partial charge in [0, 0.05) is 16.6 Å². The van der Waals surface area contributed by atoms with Gasteiger partial charge in [0.2, 0.25) is 5.91 Å². The van der Waals surface area contributed by atoms with Crippen molar-refractivity contribution in [1.29, 1.82) is 0 Å². The Kier molecular flexibility index (Phi) is 5.12. The third-order valence-corrected chi connectivity index (χ3v) is 3.90. The molecule has 3 aromatic rings. The van der Waals surface area contributed by atoms with Crippen molar-refractivity contribution in [3.8, 4) is 0 Å². The zero-order valence-electron chi connectivity index (χ0n) is 14.5. The highest BCUT2D eigenvalue weighted by Gasteiger charge is 2.20. The molecule has 2 aromatic carbocycles. The van der Waals surface area contributed by atoms with E-state index in [-0.39, 0.29) is 5.69 Å². The fourth-order valence-electron chi connectivity index (χ4n) is 2.42. The molecule has 0 aliphatic carbocycles. The number of primary amides is 1. The van der Waals surface area contributed by atoms with Crippen LogP contribution < -0.4 is 11.1 Å². The molecule has 0 radical (unpaired) electrons. The van der Waals surface area contributed by atoms with E-state index in [9.17, 15) is 14.4 Å². The summed E-state index contributed by atoms with van der Waals surface area (Å²) in [5, 5.41) is 3.51. The largest absolute Gasteiger partial charge is 0.448 e. The molecule has 0 saturated carbocycles. The normalized spacial score (nSPS) is 11.6. The fraction of sp³-hybridized carbons (Fsp3) is 0.100. The topological polar surface area (TPSA) is 111 Å². The average Bonchev–Trinajstić information content (AvgIpc) is 2.67. The van der Waals surface area contributed by atoms with Crippen LogP contribution in [0.25, 0.3) is 10.9 Å². The highest BCUT2D eigenvalue weighted by atomic mass is 16.5. The second-order valence-electron chi connectivity index (χ2n) is 5.87. The van der Waals surface area contributed by atoms with Crippen LogP contribution in [-0.2, 0) is 9.53 Å². The van der Waals surface area contributed by atoms with Crippen LogP contribution in [0, 0.1) is 0 Å². The number of nitrogens with zero attached hydrogens (tertiary/aromatic N) is 1. The molecule has 0 bridgehead atoms. The van der Waals surface area contributed by atoms with Gasteiger partial charge in [-0.25, -0.2) is 9.78 Å². The van der Waals surface area contributed by atoms with Crippen molar-refractivity contribution in [2.75, 3.05) is 5.32 Å². The number of nitrogens with two attached hydrogens (primary N) is 1. The number of anilines is 1. The van der Waals surface area contributed by atoms with E-state index in [0.29, 0.717) is 16.8 Å². The van der Waals surface area contributed by atoms with Crippen LogP contribution in [0.15, 0.2) is 60.7 Å². The summed E-state index contributed by atoms with van der Waals surface area (Å²) in [6.07, 6.45) is -1.03. The highest BCUT2D eigenvalue weighted by molar-refractivity contribution is 5.98. The molecule has 1 unspecified atom stereocenters. The van der Waals surface area contributed by atoms with Crippen LogP contribution in [0.5, 0.6) is 0 Å². The van der Waals surface area contributed by atoms with E-state index in [4.69, 9.17) is 10.5 Å². The number of ether oxygens (including phenoxy) is 1. The van der Waals surface area contributed by atoms with Crippen molar-refractivity contribution in [2.24, 2.45) is 5.73 Å². The number of aromatic nitrogens is 1. The Morgan fingerprint density at radius 3 is 2.41 bits per heavy atom. The van der Waals surface area contributed by atoms with Crippen LogP contribution in [-0.4, -0.2) is 28.9 Å². The Labute approximate surface area is 155 Å². The summed E-state index contributed by atoms with van der Waals surface area (Å²) >= 11 is 0. The number of hydrogen-bond acceptors (Lipinski definition) is 5. The van der Waals surface area contributed by atoms with Gasteiger partial charge in [0.1, 0.15) is 5.69 Å². The van der Waals surface area contributed by atoms with E-state index >= 15 is 0 Å². The highest BCUT2D eigenvalue weighted by Crippen LogP contribution is 2.14. The lowest BCUT2D eigenvalue weighted by Crippen LogP contribution is -2.30. The van der Waals surface area contributed by atoms with E-state index in [1.54, 1.807) is 18.2 Å². The Morgan fingerprint density at radius 2 is 1.70 bits per heavy atom. The molecule has 1 heterocycles. The average molecular weight is 363 g/mol. The lowest BCUT2D eigenvalue weighted by Gasteiger charge is -2.13. The van der Waals surface area contributed by atoms with Gasteiger partial charge in [0.25, 0.3) is 5.91 Å². The van der Waals surface area contributed by atoms with Crippen molar-refractivity contribution in [1.82, 2.24) is 4.98 Å². The van der Waals surface area contributed by atoms with Crippen molar-refractivity contribution in [3.63, 3.8) is 0 Å². The van der Waals surface area contributed by atoms with Gasteiger partial charge in [-0.2, -0.15) is 0 Å². The maximum absolute atomic E-state index is 12.3. The lowest BCUT2D eigenvalue weighted by atomic mass is 10.2. The molecule has 0 saturated heterocycles. The Bertz CT molecular complexity index is 1020. The minimum atomic E-state index is -1.03. The smallest absolute Gasteiger partial charge is 0.357 e. The maximum atomic E-state index is 12.3. The van der Waals surface area contributed by atoms with Gasteiger partial charge in [0.15, 0.2) is 6.10 Å². The second-order valence-corrected chi connectivity index (χ2v) is 5.87. The molecule has 1 atom stereocenters. The number of carbonyl (C=O) groups is 3. The molecule has 0 aliphatic heterocycles. The Balaban J connectivity index is 1.64. The number of carbonyl (C=O) groups excluding carboxylic acids is 3. The lowest BCUT2D eigenvalue weighted by molar-refractivity contribution is -0.123. The monoisotopic (exact) mass is 363 g/mol. The Morgan fingerprint density at radius 1 is 1.00 bits per heavy atom. The van der Waals surface area contributed by atoms with Crippen molar-refractivity contribution in [3.05, 3.63) is 71.9 Å². The van der Waals surface area contributed by atoms with E-state index in [2.05, 4.69) is 10.3 Å². The molecular weight excluding hydrogens is 346 g/mol. The molecule has 0 spiro atoms. The summed E-state index contributed by atoms with van der Waals surface area (Å²) in [5.41, 5.74) is 6.74. The maximum Gasteiger partial charge on any atom is 0.357 e. The van der Waals surface area contributed by atoms with Crippen molar-refractivity contribution >= 4 is 34.4 Å². The molecule has 3 rings (SSSR count). The zero-order chi connectivity index (χ0) is 19.4. The van der Waals surface area contributed by atoms with Crippen molar-refractivity contribution < 1.29 is 19.1 Å². The molecular formula is C20H17N3O4. The first-order valence-electron chi connectivity index (χ1n) is 8.21. The first kappa shape index (κ1) is 18.1. The molecule has 136 valence electrons. The number of hydrogen-bond donors (Lipinski definition) is 2. The number of fused-ring (bicyclic) bond motifs is 1. The molecule has 1 aromatic heterocycles. The molecule has 7 nitrogen and oxygen atoms in total. The summed E-state index contributed by atoms with van der Waals surface area (Å²) in [4.78, 5) is 39.8. The predicted molar refractivity (Wildman–Crippen MR) is 100 cm³/mol. The van der Waals surface area contributed by atoms with Gasteiger partial charge in [-0.1, -0.05) is 24.3 Å². The summed E-state index contributed by atoms with van der Waals surface area (Å²) in [5.74, 6) is -1.75. The summed E-state index contributed by atoms with van der Waals surface area (Å²) in [6, 6.07) is 16.8. The molecule has 2 amide bonds. The number of pyridine rings is 1. The predicted octanol–water partition coefficient (Wildman–Crippen LogP) is 2.52. The minimum Gasteiger partial charge on any atom is -0.448 e. The SMILES string of the molecule is CC(OC(=O)c1ccc2ccccc2n1)C(=O)Nc1ccc(C(N)=O)cc1. The van der Waals surface area contributed by atoms with Crippen LogP contribution in [0.4, 0.5) is 5.69 Å². The number of nitrogens with one attached hydrogen (secondary N) is 1.